The summed E-state index contributed by atoms with van der Waals surface area (Å²) in [5, 5.41) is 7.04. The lowest BCUT2D eigenvalue weighted by Gasteiger charge is -2.25. The second-order valence-corrected chi connectivity index (χ2v) is 7.06. The highest BCUT2D eigenvalue weighted by atomic mass is 32.2. The van der Waals surface area contributed by atoms with Crippen LogP contribution in [0.3, 0.4) is 0 Å². The van der Waals surface area contributed by atoms with E-state index in [0.29, 0.717) is 11.5 Å². The Balaban J connectivity index is 2.05. The molecule has 1 atom stereocenters. The molecule has 6 nitrogen and oxygen atoms in total. The molecule has 1 aliphatic heterocycles. The molecule has 0 amide bonds. The van der Waals surface area contributed by atoms with Gasteiger partial charge in [0.1, 0.15) is 17.2 Å². The SMILES string of the molecule is Cc1cc(CS(=O)(=O)N(C)C2CCCNCC2)no1. The largest absolute Gasteiger partial charge is 0.361 e. The van der Waals surface area contributed by atoms with E-state index in [9.17, 15) is 8.42 Å². The summed E-state index contributed by atoms with van der Waals surface area (Å²) in [5.41, 5.74) is 0.469. The summed E-state index contributed by atoms with van der Waals surface area (Å²) in [7, 11) is -1.67. The van der Waals surface area contributed by atoms with Gasteiger partial charge in [-0.15, -0.1) is 0 Å². The first-order chi connectivity index (χ1) is 8.99. The molecule has 1 fully saturated rings. The van der Waals surface area contributed by atoms with E-state index in [1.165, 1.54) is 4.31 Å². The van der Waals surface area contributed by atoms with Crippen LogP contribution in [-0.4, -0.2) is 44.1 Å². The van der Waals surface area contributed by atoms with Gasteiger partial charge in [0.15, 0.2) is 0 Å². The van der Waals surface area contributed by atoms with Gasteiger partial charge in [-0.3, -0.25) is 0 Å². The van der Waals surface area contributed by atoms with Gasteiger partial charge in [-0.1, -0.05) is 5.16 Å². The van der Waals surface area contributed by atoms with E-state index in [1.54, 1.807) is 20.0 Å². The van der Waals surface area contributed by atoms with Crippen LogP contribution in [0.2, 0.25) is 0 Å². The molecule has 19 heavy (non-hydrogen) atoms. The molecule has 108 valence electrons. The van der Waals surface area contributed by atoms with E-state index in [-0.39, 0.29) is 11.8 Å². The zero-order chi connectivity index (χ0) is 13.9. The smallest absolute Gasteiger partial charge is 0.219 e. The molecule has 1 aromatic heterocycles. The second-order valence-electron chi connectivity index (χ2n) is 5.04. The van der Waals surface area contributed by atoms with Crippen LogP contribution >= 0.6 is 0 Å². The molecule has 1 aliphatic rings. The number of hydrogen-bond acceptors (Lipinski definition) is 5. The number of nitrogens with one attached hydrogen (secondary N) is 1. The van der Waals surface area contributed by atoms with Gasteiger partial charge in [0, 0.05) is 19.2 Å². The fourth-order valence-electron chi connectivity index (χ4n) is 2.37. The Morgan fingerprint density at radius 3 is 2.95 bits per heavy atom. The Bertz CT molecular complexity index is 504. The number of aromatic nitrogens is 1. The van der Waals surface area contributed by atoms with Crippen LogP contribution in [-0.2, 0) is 15.8 Å². The van der Waals surface area contributed by atoms with Crippen molar-refractivity contribution >= 4 is 10.0 Å². The molecule has 7 heteroatoms. The third-order valence-corrected chi connectivity index (χ3v) is 5.34. The highest BCUT2D eigenvalue weighted by Crippen LogP contribution is 2.18. The number of hydrogen-bond donors (Lipinski definition) is 1. The van der Waals surface area contributed by atoms with E-state index in [2.05, 4.69) is 10.5 Å². The van der Waals surface area contributed by atoms with Gasteiger partial charge < -0.3 is 9.84 Å². The molecule has 0 saturated carbocycles. The first-order valence-electron chi connectivity index (χ1n) is 6.57. The van der Waals surface area contributed by atoms with E-state index < -0.39 is 10.0 Å². The molecule has 2 heterocycles. The average Bonchev–Trinajstić information content (AvgIpc) is 2.62. The van der Waals surface area contributed by atoms with Crippen LogP contribution in [0.5, 0.6) is 0 Å². The summed E-state index contributed by atoms with van der Waals surface area (Å²) in [6.45, 7) is 3.59. The first-order valence-corrected chi connectivity index (χ1v) is 8.18. The fraction of sp³-hybridized carbons (Fsp3) is 0.750. The van der Waals surface area contributed by atoms with Crippen molar-refractivity contribution in [1.82, 2.24) is 14.8 Å². The summed E-state index contributed by atoms with van der Waals surface area (Å²) in [6, 6.07) is 1.74. The molecule has 2 rings (SSSR count). The number of aryl methyl sites for hydroxylation is 1. The quantitative estimate of drug-likeness (QED) is 0.890. The Morgan fingerprint density at radius 2 is 2.26 bits per heavy atom. The third kappa shape index (κ3) is 3.77. The first kappa shape index (κ1) is 14.5. The lowest BCUT2D eigenvalue weighted by molar-refractivity contribution is 0.339. The van der Waals surface area contributed by atoms with Gasteiger partial charge in [-0.05, 0) is 39.3 Å². The van der Waals surface area contributed by atoms with Crippen molar-refractivity contribution < 1.29 is 12.9 Å². The number of rotatable bonds is 4. The Kier molecular flexibility index (Phi) is 4.59. The molecular formula is C12H21N3O3S. The lowest BCUT2D eigenvalue weighted by Crippen LogP contribution is -2.38. The molecule has 0 spiro atoms. The van der Waals surface area contributed by atoms with Gasteiger partial charge in [0.25, 0.3) is 0 Å². The monoisotopic (exact) mass is 287 g/mol. The third-order valence-electron chi connectivity index (χ3n) is 3.51. The Labute approximate surface area is 114 Å². The Hall–Kier alpha value is -0.920. The molecule has 1 unspecified atom stereocenters. The second kappa shape index (κ2) is 6.02. The van der Waals surface area contributed by atoms with Gasteiger partial charge in [-0.25, -0.2) is 12.7 Å². The topological polar surface area (TPSA) is 75.4 Å². The molecule has 1 aromatic rings. The highest BCUT2D eigenvalue weighted by molar-refractivity contribution is 7.88. The minimum atomic E-state index is -3.33. The van der Waals surface area contributed by atoms with E-state index in [1.807, 2.05) is 0 Å². The van der Waals surface area contributed by atoms with Crippen LogP contribution in [0.15, 0.2) is 10.6 Å². The van der Waals surface area contributed by atoms with Crippen molar-refractivity contribution in [2.24, 2.45) is 0 Å². The van der Waals surface area contributed by atoms with Gasteiger partial charge in [0.05, 0.1) is 0 Å². The van der Waals surface area contributed by atoms with Crippen LogP contribution in [0.4, 0.5) is 0 Å². The van der Waals surface area contributed by atoms with Crippen molar-refractivity contribution in [2.45, 2.75) is 38.0 Å². The molecule has 0 radical (unpaired) electrons. The van der Waals surface area contributed by atoms with Gasteiger partial charge in [0.2, 0.25) is 10.0 Å². The van der Waals surface area contributed by atoms with Crippen molar-refractivity contribution in [3.63, 3.8) is 0 Å². The molecule has 1 saturated heterocycles. The molecule has 0 bridgehead atoms. The maximum Gasteiger partial charge on any atom is 0.219 e. The summed E-state index contributed by atoms with van der Waals surface area (Å²) >= 11 is 0. The molecule has 0 aromatic carbocycles. The average molecular weight is 287 g/mol. The van der Waals surface area contributed by atoms with Crippen LogP contribution in [0.1, 0.15) is 30.7 Å². The van der Waals surface area contributed by atoms with Crippen LogP contribution in [0.25, 0.3) is 0 Å². The lowest BCUT2D eigenvalue weighted by atomic mass is 10.1. The molecular weight excluding hydrogens is 266 g/mol. The number of sulfonamides is 1. The van der Waals surface area contributed by atoms with Crippen molar-refractivity contribution in [1.29, 1.82) is 0 Å². The minimum Gasteiger partial charge on any atom is -0.361 e. The number of nitrogens with zero attached hydrogens (tertiary/aromatic N) is 2. The van der Waals surface area contributed by atoms with E-state index in [4.69, 9.17) is 4.52 Å². The van der Waals surface area contributed by atoms with Crippen molar-refractivity contribution in [3.05, 3.63) is 17.5 Å². The minimum absolute atomic E-state index is 0.0768. The zero-order valence-corrected chi connectivity index (χ0v) is 12.2. The zero-order valence-electron chi connectivity index (χ0n) is 11.4. The van der Waals surface area contributed by atoms with Crippen molar-refractivity contribution in [2.75, 3.05) is 20.1 Å². The summed E-state index contributed by atoms with van der Waals surface area (Å²) in [6.07, 6.45) is 2.77. The van der Waals surface area contributed by atoms with E-state index >= 15 is 0 Å². The summed E-state index contributed by atoms with van der Waals surface area (Å²) < 4.78 is 31.1. The van der Waals surface area contributed by atoms with Crippen molar-refractivity contribution in [3.8, 4) is 0 Å². The maximum atomic E-state index is 12.3. The maximum absolute atomic E-state index is 12.3. The van der Waals surface area contributed by atoms with E-state index in [0.717, 1.165) is 32.4 Å². The Morgan fingerprint density at radius 1 is 1.47 bits per heavy atom. The van der Waals surface area contributed by atoms with Gasteiger partial charge >= 0.3 is 0 Å². The summed E-state index contributed by atoms with van der Waals surface area (Å²) in [5.74, 6) is 0.539. The normalized spacial score (nSPS) is 21.5. The molecule has 1 N–H and O–H groups in total. The van der Waals surface area contributed by atoms with Crippen LogP contribution < -0.4 is 5.32 Å². The predicted molar refractivity (Wildman–Crippen MR) is 72.1 cm³/mol. The predicted octanol–water partition coefficient (Wildman–Crippen LogP) is 0.887. The standard InChI is InChI=1S/C12H21N3O3S/c1-10-8-11(14-18-10)9-19(16,17)15(2)12-4-3-6-13-7-5-12/h8,12-13H,3-7,9H2,1-2H3. The summed E-state index contributed by atoms with van der Waals surface area (Å²) in [4.78, 5) is 0. The highest BCUT2D eigenvalue weighted by Gasteiger charge is 2.27. The van der Waals surface area contributed by atoms with Crippen LogP contribution in [0, 0.1) is 6.92 Å². The fourth-order valence-corrected chi connectivity index (χ4v) is 3.74. The molecule has 0 aliphatic carbocycles. The van der Waals surface area contributed by atoms with Gasteiger partial charge in [-0.2, -0.15) is 0 Å².